The number of benzene rings is 2. The molecule has 1 N–H and O–H groups in total. The first-order chi connectivity index (χ1) is 13.4. The molecule has 0 spiro atoms. The number of anilines is 1. The standard InChI is InChI=1S/C22H32N2O3S/c1-4-14-23(15-5-2)17-21(25)18-24(20-11-9-10-19(3)16-20)28(26,27)22-12-7-6-8-13-22/h6-13,16,21,25H,4-5,14-15,17-18H2,1-3H3. The maximum Gasteiger partial charge on any atom is 0.264 e. The Kier molecular flexibility index (Phi) is 8.48. The van der Waals surface area contributed by atoms with E-state index >= 15 is 0 Å². The average molecular weight is 405 g/mol. The molecule has 0 radical (unpaired) electrons. The van der Waals surface area contributed by atoms with Crippen molar-refractivity contribution in [3.63, 3.8) is 0 Å². The van der Waals surface area contributed by atoms with Gasteiger partial charge in [0.05, 0.1) is 23.2 Å². The van der Waals surface area contributed by atoms with E-state index in [4.69, 9.17) is 0 Å². The van der Waals surface area contributed by atoms with E-state index in [1.165, 1.54) is 4.31 Å². The van der Waals surface area contributed by atoms with Gasteiger partial charge in [-0.1, -0.05) is 44.2 Å². The fraction of sp³-hybridized carbons (Fsp3) is 0.455. The molecular weight excluding hydrogens is 372 g/mol. The summed E-state index contributed by atoms with van der Waals surface area (Å²) in [4.78, 5) is 2.41. The SMILES string of the molecule is CCCN(CCC)CC(O)CN(c1cccc(C)c1)S(=O)(=O)c1ccccc1. The molecule has 1 atom stereocenters. The second-order valence-corrected chi connectivity index (χ2v) is 9.00. The first kappa shape index (κ1) is 22.4. The van der Waals surface area contributed by atoms with Crippen molar-refractivity contribution in [3.8, 4) is 0 Å². The molecule has 0 heterocycles. The molecular formula is C22H32N2O3S. The summed E-state index contributed by atoms with van der Waals surface area (Å²) >= 11 is 0. The lowest BCUT2D eigenvalue weighted by Gasteiger charge is -2.30. The fourth-order valence-electron chi connectivity index (χ4n) is 3.32. The maximum absolute atomic E-state index is 13.3. The predicted molar refractivity (Wildman–Crippen MR) is 115 cm³/mol. The summed E-state index contributed by atoms with van der Waals surface area (Å²) < 4.78 is 28.0. The molecule has 5 nitrogen and oxygen atoms in total. The summed E-state index contributed by atoms with van der Waals surface area (Å²) in [5.41, 5.74) is 1.54. The molecule has 28 heavy (non-hydrogen) atoms. The van der Waals surface area contributed by atoms with E-state index in [0.717, 1.165) is 31.5 Å². The number of sulfonamides is 1. The van der Waals surface area contributed by atoms with Crippen LogP contribution in [-0.4, -0.2) is 50.7 Å². The van der Waals surface area contributed by atoms with Gasteiger partial charge in [-0.2, -0.15) is 0 Å². The number of aryl methyl sites for hydroxylation is 1. The van der Waals surface area contributed by atoms with Gasteiger partial charge >= 0.3 is 0 Å². The molecule has 2 rings (SSSR count). The van der Waals surface area contributed by atoms with E-state index < -0.39 is 16.1 Å². The van der Waals surface area contributed by atoms with Crippen LogP contribution in [0.5, 0.6) is 0 Å². The van der Waals surface area contributed by atoms with Crippen LogP contribution in [0.2, 0.25) is 0 Å². The third-order valence-corrected chi connectivity index (χ3v) is 6.35. The summed E-state index contributed by atoms with van der Waals surface area (Å²) in [6.45, 7) is 8.39. The van der Waals surface area contributed by atoms with Crippen molar-refractivity contribution in [1.82, 2.24) is 4.90 Å². The zero-order chi connectivity index (χ0) is 20.6. The molecule has 1 unspecified atom stereocenters. The van der Waals surface area contributed by atoms with Gasteiger partial charge in [0.1, 0.15) is 0 Å². The molecule has 2 aromatic carbocycles. The van der Waals surface area contributed by atoms with Crippen LogP contribution in [0.15, 0.2) is 59.5 Å². The average Bonchev–Trinajstić information content (AvgIpc) is 2.67. The van der Waals surface area contributed by atoms with Crippen molar-refractivity contribution >= 4 is 15.7 Å². The molecule has 0 aliphatic rings. The van der Waals surface area contributed by atoms with Crippen molar-refractivity contribution in [3.05, 3.63) is 60.2 Å². The van der Waals surface area contributed by atoms with Crippen LogP contribution in [0.4, 0.5) is 5.69 Å². The summed E-state index contributed by atoms with van der Waals surface area (Å²) in [6, 6.07) is 15.8. The van der Waals surface area contributed by atoms with Gasteiger partial charge in [-0.15, -0.1) is 0 Å². The highest BCUT2D eigenvalue weighted by molar-refractivity contribution is 7.92. The lowest BCUT2D eigenvalue weighted by Crippen LogP contribution is -2.43. The highest BCUT2D eigenvalue weighted by atomic mass is 32.2. The molecule has 0 fully saturated rings. The zero-order valence-electron chi connectivity index (χ0n) is 17.1. The lowest BCUT2D eigenvalue weighted by molar-refractivity contribution is 0.119. The van der Waals surface area contributed by atoms with Crippen LogP contribution in [0.25, 0.3) is 0 Å². The van der Waals surface area contributed by atoms with Gasteiger partial charge in [-0.05, 0) is 62.7 Å². The number of nitrogens with zero attached hydrogens (tertiary/aromatic N) is 2. The van der Waals surface area contributed by atoms with Gasteiger partial charge in [-0.25, -0.2) is 8.42 Å². The van der Waals surface area contributed by atoms with Gasteiger partial charge < -0.3 is 10.0 Å². The Morgan fingerprint density at radius 2 is 1.57 bits per heavy atom. The smallest absolute Gasteiger partial charge is 0.264 e. The topological polar surface area (TPSA) is 60.9 Å². The normalized spacial score (nSPS) is 12.9. The first-order valence-electron chi connectivity index (χ1n) is 9.93. The van der Waals surface area contributed by atoms with E-state index in [1.54, 1.807) is 36.4 Å². The van der Waals surface area contributed by atoms with Gasteiger partial charge in [0.15, 0.2) is 0 Å². The molecule has 6 heteroatoms. The Labute approximate surface area is 169 Å². The molecule has 0 aromatic heterocycles. The number of rotatable bonds is 11. The van der Waals surface area contributed by atoms with Crippen LogP contribution in [0, 0.1) is 6.92 Å². The van der Waals surface area contributed by atoms with Crippen molar-refractivity contribution in [1.29, 1.82) is 0 Å². The number of hydrogen-bond donors (Lipinski definition) is 1. The molecule has 154 valence electrons. The van der Waals surface area contributed by atoms with Gasteiger partial charge in [-0.3, -0.25) is 4.31 Å². The highest BCUT2D eigenvalue weighted by Gasteiger charge is 2.27. The number of aliphatic hydroxyl groups is 1. The van der Waals surface area contributed by atoms with E-state index in [0.29, 0.717) is 12.2 Å². The van der Waals surface area contributed by atoms with Crippen molar-refractivity contribution in [2.24, 2.45) is 0 Å². The molecule has 2 aromatic rings. The van der Waals surface area contributed by atoms with E-state index in [1.807, 2.05) is 25.1 Å². The minimum Gasteiger partial charge on any atom is -0.390 e. The monoisotopic (exact) mass is 404 g/mol. The third kappa shape index (κ3) is 6.06. The second kappa shape index (κ2) is 10.6. The van der Waals surface area contributed by atoms with Crippen LogP contribution in [0.3, 0.4) is 0 Å². The third-order valence-electron chi connectivity index (χ3n) is 4.55. The van der Waals surface area contributed by atoms with Gasteiger partial charge in [0.2, 0.25) is 0 Å². The van der Waals surface area contributed by atoms with Crippen molar-refractivity contribution in [2.45, 2.75) is 44.6 Å². The summed E-state index contributed by atoms with van der Waals surface area (Å²) in [5, 5.41) is 10.7. The quantitative estimate of drug-likeness (QED) is 0.621. The molecule has 0 bridgehead atoms. The summed E-state index contributed by atoms with van der Waals surface area (Å²) in [6.07, 6.45) is 1.21. The first-order valence-corrected chi connectivity index (χ1v) is 11.4. The highest BCUT2D eigenvalue weighted by Crippen LogP contribution is 2.25. The van der Waals surface area contributed by atoms with Crippen LogP contribution in [-0.2, 0) is 10.0 Å². The molecule has 0 amide bonds. The van der Waals surface area contributed by atoms with Crippen LogP contribution < -0.4 is 4.31 Å². The Hall–Kier alpha value is -1.89. The number of hydrogen-bond acceptors (Lipinski definition) is 4. The minimum absolute atomic E-state index is 0.0185. The molecule has 0 aliphatic carbocycles. The van der Waals surface area contributed by atoms with Crippen LogP contribution in [0.1, 0.15) is 32.3 Å². The van der Waals surface area contributed by atoms with Gasteiger partial charge in [0, 0.05) is 6.54 Å². The minimum atomic E-state index is -3.77. The van der Waals surface area contributed by atoms with E-state index in [2.05, 4.69) is 18.7 Å². The Morgan fingerprint density at radius 1 is 0.929 bits per heavy atom. The maximum atomic E-state index is 13.3. The van der Waals surface area contributed by atoms with E-state index in [9.17, 15) is 13.5 Å². The van der Waals surface area contributed by atoms with Gasteiger partial charge in [0.25, 0.3) is 10.0 Å². The predicted octanol–water partition coefficient (Wildman–Crippen LogP) is 3.67. The molecule has 0 saturated heterocycles. The summed E-state index contributed by atoms with van der Waals surface area (Å²) in [7, 11) is -3.77. The Morgan fingerprint density at radius 3 is 2.14 bits per heavy atom. The molecule has 0 aliphatic heterocycles. The number of aliphatic hydroxyl groups excluding tert-OH is 1. The lowest BCUT2D eigenvalue weighted by atomic mass is 10.2. The van der Waals surface area contributed by atoms with E-state index in [-0.39, 0.29) is 11.4 Å². The fourth-order valence-corrected chi connectivity index (χ4v) is 4.83. The summed E-state index contributed by atoms with van der Waals surface area (Å²) in [5.74, 6) is 0. The zero-order valence-corrected chi connectivity index (χ0v) is 17.9. The Bertz CT molecular complexity index is 819. The van der Waals surface area contributed by atoms with Crippen LogP contribution >= 0.6 is 0 Å². The van der Waals surface area contributed by atoms with Crippen molar-refractivity contribution < 1.29 is 13.5 Å². The molecule has 0 saturated carbocycles. The van der Waals surface area contributed by atoms with Crippen molar-refractivity contribution in [2.75, 3.05) is 30.5 Å². The second-order valence-electron chi connectivity index (χ2n) is 7.14. The Balaban J connectivity index is 2.31. The largest absolute Gasteiger partial charge is 0.390 e.